The molecule has 0 atom stereocenters. The van der Waals surface area contributed by atoms with E-state index in [1.165, 1.54) is 0 Å². The summed E-state index contributed by atoms with van der Waals surface area (Å²) in [4.78, 5) is 0. The molecule has 0 aliphatic carbocycles. The van der Waals surface area contributed by atoms with Crippen LogP contribution in [0.25, 0.3) is 0 Å². The van der Waals surface area contributed by atoms with Gasteiger partial charge in [0.25, 0.3) is 0 Å². The van der Waals surface area contributed by atoms with E-state index in [9.17, 15) is 43.9 Å². The van der Waals surface area contributed by atoms with Gasteiger partial charge in [0.15, 0.2) is 0 Å². The zero-order valence-electron chi connectivity index (χ0n) is 17.7. The van der Waals surface area contributed by atoms with Crippen molar-refractivity contribution in [1.29, 1.82) is 0 Å². The maximum absolute atomic E-state index is 13.4. The summed E-state index contributed by atoms with van der Waals surface area (Å²) in [5, 5.41) is 0. The van der Waals surface area contributed by atoms with Gasteiger partial charge in [-0.05, 0) is 27.7 Å². The van der Waals surface area contributed by atoms with E-state index in [4.69, 9.17) is 9.47 Å². The fourth-order valence-corrected chi connectivity index (χ4v) is 2.87. The first-order valence-electron chi connectivity index (χ1n) is 9.19. The van der Waals surface area contributed by atoms with E-state index in [0.29, 0.717) is 0 Å². The van der Waals surface area contributed by atoms with E-state index < -0.39 is 81.7 Å². The van der Waals surface area contributed by atoms with Gasteiger partial charge in [0, 0.05) is 26.4 Å². The Morgan fingerprint density at radius 3 is 0.727 bits per heavy atom. The molecule has 13 heteroatoms. The molecule has 0 bridgehead atoms. The monoisotopic (exact) mass is 540 g/mol. The van der Waals surface area contributed by atoms with Crippen molar-refractivity contribution in [2.24, 2.45) is 0 Å². The average molecular weight is 541 g/mol. The van der Waals surface area contributed by atoms with Crippen LogP contribution in [0.5, 0.6) is 0 Å². The first-order chi connectivity index (χ1) is 15.4. The SMILES string of the molecule is CCOCC.CCOCC.Fc1c(F)c(F)[c]([Ni][c]2c(F)c(F)c(F)c(F)c2F)c(F)c1F. The molecule has 0 spiro atoms. The van der Waals surface area contributed by atoms with Crippen molar-refractivity contribution >= 4 is 9.07 Å². The molecule has 0 saturated heterocycles. The Bertz CT molecular complexity index is 789. The Balaban J connectivity index is 0.000000859. The molecule has 0 heterocycles. The van der Waals surface area contributed by atoms with Crippen molar-refractivity contribution < 1.29 is 67.8 Å². The Kier molecular flexibility index (Phi) is 14.3. The van der Waals surface area contributed by atoms with Crippen LogP contribution in [-0.4, -0.2) is 26.4 Å². The first-order valence-corrected chi connectivity index (χ1v) is 10.2. The number of benzene rings is 2. The summed E-state index contributed by atoms with van der Waals surface area (Å²) in [6.07, 6.45) is 0. The minimum absolute atomic E-state index is 0.844. The quantitative estimate of drug-likeness (QED) is 0.217. The van der Waals surface area contributed by atoms with Crippen LogP contribution in [0.2, 0.25) is 0 Å². The summed E-state index contributed by atoms with van der Waals surface area (Å²) >= 11 is -1.05. The molecule has 0 aromatic heterocycles. The van der Waals surface area contributed by atoms with Crippen LogP contribution in [0.15, 0.2) is 0 Å². The molecule has 0 amide bonds. The Morgan fingerprint density at radius 1 is 0.394 bits per heavy atom. The van der Waals surface area contributed by atoms with E-state index in [0.717, 1.165) is 26.4 Å². The summed E-state index contributed by atoms with van der Waals surface area (Å²) in [5.74, 6) is -24.7. The van der Waals surface area contributed by atoms with E-state index in [2.05, 4.69) is 0 Å². The second kappa shape index (κ2) is 15.1. The van der Waals surface area contributed by atoms with Gasteiger partial charge in [0.1, 0.15) is 0 Å². The molecule has 0 aliphatic heterocycles. The Morgan fingerprint density at radius 2 is 0.576 bits per heavy atom. The number of hydrogen-bond acceptors (Lipinski definition) is 2. The third-order valence-electron chi connectivity index (χ3n) is 3.23. The number of rotatable bonds is 6. The molecule has 33 heavy (non-hydrogen) atoms. The topological polar surface area (TPSA) is 18.5 Å². The molecule has 192 valence electrons. The van der Waals surface area contributed by atoms with Gasteiger partial charge in [0.2, 0.25) is 0 Å². The van der Waals surface area contributed by atoms with Crippen molar-refractivity contribution in [1.82, 2.24) is 0 Å². The third-order valence-corrected chi connectivity index (χ3v) is 4.59. The molecule has 2 nitrogen and oxygen atoms in total. The summed E-state index contributed by atoms with van der Waals surface area (Å²) in [6.45, 7) is 11.3. The van der Waals surface area contributed by atoms with Crippen LogP contribution in [0, 0.1) is 58.2 Å². The summed E-state index contributed by atoms with van der Waals surface area (Å²) in [7, 11) is 0. The van der Waals surface area contributed by atoms with E-state index >= 15 is 0 Å². The predicted octanol–water partition coefficient (Wildman–Crippen LogP) is 5.20. The van der Waals surface area contributed by atoms with E-state index in [1.807, 2.05) is 27.7 Å². The zero-order chi connectivity index (χ0) is 25.9. The van der Waals surface area contributed by atoms with Gasteiger partial charge < -0.3 is 9.47 Å². The molecule has 0 N–H and O–H groups in total. The summed E-state index contributed by atoms with van der Waals surface area (Å²) in [6, 6.07) is 0. The summed E-state index contributed by atoms with van der Waals surface area (Å²) in [5.41, 5.74) is 0. The zero-order valence-corrected chi connectivity index (χ0v) is 18.7. The van der Waals surface area contributed by atoms with Crippen LogP contribution in [0.4, 0.5) is 43.9 Å². The predicted molar refractivity (Wildman–Crippen MR) is 96.1 cm³/mol. The molecular formula is C20H20F10NiO2. The van der Waals surface area contributed by atoms with Crippen LogP contribution in [-0.2, 0) is 23.9 Å². The van der Waals surface area contributed by atoms with Crippen LogP contribution in [0.1, 0.15) is 27.7 Å². The first kappa shape index (κ1) is 31.2. The fourth-order valence-electron chi connectivity index (χ4n) is 1.76. The second-order valence-electron chi connectivity index (χ2n) is 5.35. The van der Waals surface area contributed by atoms with Gasteiger partial charge >= 0.3 is 126 Å². The third kappa shape index (κ3) is 8.15. The summed E-state index contributed by atoms with van der Waals surface area (Å²) < 4.78 is 137. The molecular weight excluding hydrogens is 521 g/mol. The molecule has 0 fully saturated rings. The minimum atomic E-state index is -2.54. The average Bonchev–Trinajstić information content (AvgIpc) is 2.80. The molecule has 2 rings (SSSR count). The van der Waals surface area contributed by atoms with Gasteiger partial charge in [-0.1, -0.05) is 0 Å². The number of halogens is 10. The van der Waals surface area contributed by atoms with Crippen molar-refractivity contribution in [3.8, 4) is 0 Å². The number of hydrogen-bond donors (Lipinski definition) is 0. The van der Waals surface area contributed by atoms with E-state index in [-0.39, 0.29) is 0 Å². The van der Waals surface area contributed by atoms with Crippen molar-refractivity contribution in [3.63, 3.8) is 0 Å². The molecule has 0 aliphatic rings. The van der Waals surface area contributed by atoms with Crippen molar-refractivity contribution in [3.05, 3.63) is 58.2 Å². The van der Waals surface area contributed by atoms with Crippen LogP contribution in [0.3, 0.4) is 0 Å². The normalized spacial score (nSPS) is 10.5. The van der Waals surface area contributed by atoms with Gasteiger partial charge in [-0.15, -0.1) is 0 Å². The standard InChI is InChI=1S/2C6F5.2C4H10O.Ni/c2*7-2-1-3(8)5(10)6(11)4(2)9;2*1-3-5-4-2;/h;;2*3-4H2,1-2H3;. The van der Waals surface area contributed by atoms with Crippen LogP contribution < -0.4 is 9.07 Å². The molecule has 0 radical (unpaired) electrons. The Hall–Kier alpha value is -1.85. The number of ether oxygens (including phenoxy) is 2. The van der Waals surface area contributed by atoms with Crippen LogP contribution >= 0.6 is 0 Å². The van der Waals surface area contributed by atoms with Gasteiger partial charge in [-0.3, -0.25) is 0 Å². The molecule has 2 aromatic rings. The Labute approximate surface area is 189 Å². The molecule has 0 unspecified atom stereocenters. The fraction of sp³-hybridized carbons (Fsp3) is 0.400. The molecule has 0 saturated carbocycles. The second-order valence-corrected chi connectivity index (χ2v) is 6.58. The molecule has 2 aromatic carbocycles. The maximum atomic E-state index is 13.4. The van der Waals surface area contributed by atoms with Gasteiger partial charge in [-0.25, -0.2) is 0 Å². The van der Waals surface area contributed by atoms with Gasteiger partial charge in [-0.2, -0.15) is 0 Å². The van der Waals surface area contributed by atoms with Gasteiger partial charge in [0.05, 0.1) is 0 Å². The van der Waals surface area contributed by atoms with Crippen molar-refractivity contribution in [2.75, 3.05) is 26.4 Å². The van der Waals surface area contributed by atoms with Crippen molar-refractivity contribution in [2.45, 2.75) is 27.7 Å². The van der Waals surface area contributed by atoms with E-state index in [1.54, 1.807) is 0 Å².